The molecule has 1 aromatic rings. The van der Waals surface area contributed by atoms with E-state index in [-0.39, 0.29) is 12.1 Å². The number of hydrogen-bond acceptors (Lipinski definition) is 3. The Morgan fingerprint density at radius 1 is 1.58 bits per heavy atom. The highest BCUT2D eigenvalue weighted by molar-refractivity contribution is 5.03. The van der Waals surface area contributed by atoms with Crippen molar-refractivity contribution >= 4 is 0 Å². The number of ether oxygens (including phenoxy) is 1. The number of halogens is 3. The molecule has 1 N–H and O–H groups in total. The second-order valence-electron chi connectivity index (χ2n) is 4.76. The van der Waals surface area contributed by atoms with E-state index in [2.05, 4.69) is 10.4 Å². The van der Waals surface area contributed by atoms with E-state index in [0.29, 0.717) is 13.1 Å². The van der Waals surface area contributed by atoms with Crippen LogP contribution in [0.15, 0.2) is 12.3 Å². The first kappa shape index (κ1) is 14.3. The molecule has 1 saturated heterocycles. The number of alkyl halides is 3. The van der Waals surface area contributed by atoms with E-state index < -0.39 is 11.9 Å². The number of aromatic nitrogens is 2. The van der Waals surface area contributed by atoms with Crippen molar-refractivity contribution in [2.24, 2.45) is 0 Å². The van der Waals surface area contributed by atoms with Gasteiger partial charge in [-0.2, -0.15) is 18.3 Å². The smallest absolute Gasteiger partial charge is 0.377 e. The predicted octanol–water partition coefficient (Wildman–Crippen LogP) is 2.06. The van der Waals surface area contributed by atoms with Gasteiger partial charge in [-0.25, -0.2) is 0 Å². The van der Waals surface area contributed by atoms with E-state index in [1.165, 1.54) is 10.9 Å². The van der Waals surface area contributed by atoms with Crippen molar-refractivity contribution in [3.05, 3.63) is 18.0 Å². The number of hydrogen-bond donors (Lipinski definition) is 1. The number of nitrogens with one attached hydrogen (secondary N) is 1. The average molecular weight is 277 g/mol. The van der Waals surface area contributed by atoms with Gasteiger partial charge in [0.1, 0.15) is 0 Å². The fourth-order valence-corrected chi connectivity index (χ4v) is 2.17. The van der Waals surface area contributed by atoms with E-state index in [1.807, 2.05) is 6.92 Å². The first-order valence-corrected chi connectivity index (χ1v) is 6.42. The molecule has 4 nitrogen and oxygen atoms in total. The van der Waals surface area contributed by atoms with Crippen molar-refractivity contribution in [1.82, 2.24) is 15.1 Å². The van der Waals surface area contributed by atoms with Crippen LogP contribution in [0.1, 0.15) is 25.5 Å². The van der Waals surface area contributed by atoms with Crippen LogP contribution in [0, 0.1) is 0 Å². The summed E-state index contributed by atoms with van der Waals surface area (Å²) in [5.41, 5.74) is -0.848. The fraction of sp³-hybridized carbons (Fsp3) is 0.750. The van der Waals surface area contributed by atoms with Crippen LogP contribution in [0.2, 0.25) is 0 Å². The Morgan fingerprint density at radius 3 is 2.95 bits per heavy atom. The van der Waals surface area contributed by atoms with Gasteiger partial charge in [0, 0.05) is 25.4 Å². The standard InChI is InChI=1S/C12H18F3N3O/c1-9(10-3-2-8-19-10)16-5-7-18-6-4-11(17-18)12(13,14)15/h4,6,9-10,16H,2-3,5,7-8H2,1H3. The number of rotatable bonds is 5. The minimum atomic E-state index is -4.37. The lowest BCUT2D eigenvalue weighted by Gasteiger charge is -2.19. The molecular weight excluding hydrogens is 259 g/mol. The number of nitrogens with zero attached hydrogens (tertiary/aromatic N) is 2. The van der Waals surface area contributed by atoms with Gasteiger partial charge >= 0.3 is 6.18 Å². The Labute approximate surface area is 109 Å². The second-order valence-corrected chi connectivity index (χ2v) is 4.76. The molecule has 2 rings (SSSR count). The summed E-state index contributed by atoms with van der Waals surface area (Å²) in [6, 6.07) is 1.20. The highest BCUT2D eigenvalue weighted by Gasteiger charge is 2.33. The third-order valence-corrected chi connectivity index (χ3v) is 3.26. The summed E-state index contributed by atoms with van der Waals surface area (Å²) in [4.78, 5) is 0. The van der Waals surface area contributed by atoms with Gasteiger partial charge in [0.2, 0.25) is 0 Å². The molecule has 0 spiro atoms. The topological polar surface area (TPSA) is 39.1 Å². The monoisotopic (exact) mass is 277 g/mol. The highest BCUT2D eigenvalue weighted by Crippen LogP contribution is 2.27. The van der Waals surface area contributed by atoms with Crippen molar-refractivity contribution in [2.75, 3.05) is 13.2 Å². The Balaban J connectivity index is 1.74. The van der Waals surface area contributed by atoms with Gasteiger partial charge in [0.15, 0.2) is 5.69 Å². The van der Waals surface area contributed by atoms with Crippen LogP contribution in [0.3, 0.4) is 0 Å². The minimum Gasteiger partial charge on any atom is -0.377 e. The molecule has 7 heteroatoms. The van der Waals surface area contributed by atoms with Gasteiger partial charge in [-0.3, -0.25) is 4.68 Å². The molecule has 1 fully saturated rings. The Bertz CT molecular complexity index is 399. The average Bonchev–Trinajstić information content (AvgIpc) is 2.99. The van der Waals surface area contributed by atoms with Gasteiger partial charge in [0.25, 0.3) is 0 Å². The molecule has 0 amide bonds. The van der Waals surface area contributed by atoms with Crippen molar-refractivity contribution in [3.63, 3.8) is 0 Å². The van der Waals surface area contributed by atoms with Crippen LogP contribution in [0.5, 0.6) is 0 Å². The van der Waals surface area contributed by atoms with Gasteiger partial charge in [-0.05, 0) is 25.8 Å². The molecule has 108 valence electrons. The third kappa shape index (κ3) is 3.94. The Hall–Kier alpha value is -1.08. The molecule has 0 aliphatic carbocycles. The molecule has 2 unspecified atom stereocenters. The van der Waals surface area contributed by atoms with Crippen LogP contribution in [0.25, 0.3) is 0 Å². The summed E-state index contributed by atoms with van der Waals surface area (Å²) in [6.07, 6.45) is -0.701. The van der Waals surface area contributed by atoms with Gasteiger partial charge in [-0.1, -0.05) is 0 Å². The second kappa shape index (κ2) is 5.92. The third-order valence-electron chi connectivity index (χ3n) is 3.26. The van der Waals surface area contributed by atoms with Gasteiger partial charge in [0.05, 0.1) is 12.6 Å². The summed E-state index contributed by atoms with van der Waals surface area (Å²) in [5, 5.41) is 6.75. The van der Waals surface area contributed by atoms with Crippen LogP contribution in [0.4, 0.5) is 13.2 Å². The molecule has 0 bridgehead atoms. The lowest BCUT2D eigenvalue weighted by atomic mass is 10.1. The molecule has 0 saturated carbocycles. The van der Waals surface area contributed by atoms with Crippen molar-refractivity contribution in [1.29, 1.82) is 0 Å². The quantitative estimate of drug-likeness (QED) is 0.895. The SMILES string of the molecule is CC(NCCn1ccc(C(F)(F)F)n1)C1CCCO1. The highest BCUT2D eigenvalue weighted by atomic mass is 19.4. The molecular formula is C12H18F3N3O. The lowest BCUT2D eigenvalue weighted by Crippen LogP contribution is -2.38. The Morgan fingerprint density at radius 2 is 2.37 bits per heavy atom. The molecule has 0 radical (unpaired) electrons. The fourth-order valence-electron chi connectivity index (χ4n) is 2.17. The first-order valence-electron chi connectivity index (χ1n) is 6.42. The molecule has 1 aromatic heterocycles. The molecule has 0 aromatic carbocycles. The zero-order chi connectivity index (χ0) is 13.9. The van der Waals surface area contributed by atoms with Crippen molar-refractivity contribution < 1.29 is 17.9 Å². The van der Waals surface area contributed by atoms with Gasteiger partial charge in [-0.15, -0.1) is 0 Å². The van der Waals surface area contributed by atoms with E-state index >= 15 is 0 Å². The first-order chi connectivity index (χ1) is 8.97. The molecule has 2 heterocycles. The minimum absolute atomic E-state index is 0.208. The summed E-state index contributed by atoms with van der Waals surface area (Å²) in [7, 11) is 0. The zero-order valence-corrected chi connectivity index (χ0v) is 10.8. The molecule has 1 aliphatic rings. The van der Waals surface area contributed by atoms with Gasteiger partial charge < -0.3 is 10.1 Å². The summed E-state index contributed by atoms with van der Waals surface area (Å²) < 4.78 is 43.9. The molecule has 19 heavy (non-hydrogen) atoms. The summed E-state index contributed by atoms with van der Waals surface area (Å²) >= 11 is 0. The van der Waals surface area contributed by atoms with Crippen LogP contribution in [-0.2, 0) is 17.5 Å². The molecule has 1 aliphatic heterocycles. The molecule has 2 atom stereocenters. The summed E-state index contributed by atoms with van der Waals surface area (Å²) in [6.45, 7) is 3.80. The van der Waals surface area contributed by atoms with E-state index in [1.54, 1.807) is 0 Å². The maximum Gasteiger partial charge on any atom is 0.435 e. The van der Waals surface area contributed by atoms with Crippen molar-refractivity contribution in [2.45, 2.75) is 44.6 Å². The maximum atomic E-state index is 12.3. The Kier molecular flexibility index (Phi) is 4.46. The van der Waals surface area contributed by atoms with Crippen LogP contribution < -0.4 is 5.32 Å². The predicted molar refractivity (Wildman–Crippen MR) is 63.7 cm³/mol. The van der Waals surface area contributed by atoms with E-state index in [9.17, 15) is 13.2 Å². The normalized spacial score (nSPS) is 21.8. The van der Waals surface area contributed by atoms with Crippen molar-refractivity contribution in [3.8, 4) is 0 Å². The summed E-state index contributed by atoms with van der Waals surface area (Å²) in [5.74, 6) is 0. The maximum absolute atomic E-state index is 12.3. The zero-order valence-electron chi connectivity index (χ0n) is 10.8. The van der Waals surface area contributed by atoms with Crippen LogP contribution in [-0.4, -0.2) is 35.1 Å². The van der Waals surface area contributed by atoms with Crippen LogP contribution >= 0.6 is 0 Å². The van der Waals surface area contributed by atoms with E-state index in [0.717, 1.165) is 25.5 Å². The van der Waals surface area contributed by atoms with E-state index in [4.69, 9.17) is 4.74 Å². The largest absolute Gasteiger partial charge is 0.435 e. The lowest BCUT2D eigenvalue weighted by molar-refractivity contribution is -0.141.